The molecule has 0 spiro atoms. The first-order chi connectivity index (χ1) is 7.41. The fraction of sp³-hybridized carbons (Fsp3) is 0.200. The third-order valence-electron chi connectivity index (χ3n) is 1.91. The van der Waals surface area contributed by atoms with Gasteiger partial charge in [0.05, 0.1) is 4.47 Å². The lowest BCUT2D eigenvalue weighted by atomic mass is 10.2. The smallest absolute Gasteiger partial charge is 0.323 e. The molecule has 0 fully saturated rings. The fourth-order valence-corrected chi connectivity index (χ4v) is 1.39. The van der Waals surface area contributed by atoms with Gasteiger partial charge in [0.2, 0.25) is 0 Å². The Labute approximate surface area is 100 Å². The average Bonchev–Trinajstić information content (AvgIpc) is 2.20. The quantitative estimate of drug-likeness (QED) is 0.879. The van der Waals surface area contributed by atoms with Crippen LogP contribution in [0.5, 0.6) is 5.75 Å². The van der Waals surface area contributed by atoms with Gasteiger partial charge in [-0.25, -0.2) is 0 Å². The first-order valence-electron chi connectivity index (χ1n) is 4.37. The van der Waals surface area contributed by atoms with Gasteiger partial charge < -0.3 is 15.1 Å². The maximum Gasteiger partial charge on any atom is 0.323 e. The van der Waals surface area contributed by atoms with Crippen LogP contribution in [0.4, 0.5) is 0 Å². The van der Waals surface area contributed by atoms with E-state index in [0.29, 0.717) is 4.47 Å². The molecule has 0 unspecified atom stereocenters. The highest BCUT2D eigenvalue weighted by molar-refractivity contribution is 9.10. The number of carboxylic acids is 1. The molecule has 1 rings (SSSR count). The van der Waals surface area contributed by atoms with E-state index in [1.54, 1.807) is 0 Å². The Hall–Kier alpha value is -1.56. The SMILES string of the molecule is CN(CC(=O)O)C(=O)c1ccc(Br)c(O)c1. The largest absolute Gasteiger partial charge is 0.507 e. The van der Waals surface area contributed by atoms with Crippen molar-refractivity contribution in [3.05, 3.63) is 28.2 Å². The Balaban J connectivity index is 2.88. The summed E-state index contributed by atoms with van der Waals surface area (Å²) < 4.78 is 0.477. The number of carbonyl (C=O) groups is 2. The molecule has 0 atom stereocenters. The number of aliphatic carboxylic acids is 1. The summed E-state index contributed by atoms with van der Waals surface area (Å²) in [5.74, 6) is -1.60. The standard InChI is InChI=1S/C10H10BrNO4/c1-12(5-9(14)15)10(16)6-2-3-7(11)8(13)4-6/h2-4,13H,5H2,1H3,(H,14,15). The molecule has 6 heteroatoms. The molecule has 1 aromatic rings. The van der Waals surface area contributed by atoms with Crippen LogP contribution in [0.1, 0.15) is 10.4 Å². The van der Waals surface area contributed by atoms with E-state index in [4.69, 9.17) is 5.11 Å². The number of hydrogen-bond acceptors (Lipinski definition) is 3. The highest BCUT2D eigenvalue weighted by Crippen LogP contribution is 2.24. The Morgan fingerprint density at radius 2 is 2.06 bits per heavy atom. The molecular weight excluding hydrogens is 278 g/mol. The molecule has 1 amide bonds. The van der Waals surface area contributed by atoms with Crippen LogP contribution in [0.15, 0.2) is 22.7 Å². The number of aromatic hydroxyl groups is 1. The lowest BCUT2D eigenvalue weighted by Gasteiger charge is -2.14. The molecule has 0 aliphatic carbocycles. The van der Waals surface area contributed by atoms with E-state index in [9.17, 15) is 14.7 Å². The van der Waals surface area contributed by atoms with Crippen molar-refractivity contribution < 1.29 is 19.8 Å². The molecule has 86 valence electrons. The second-order valence-electron chi connectivity index (χ2n) is 3.22. The first-order valence-corrected chi connectivity index (χ1v) is 5.17. The topological polar surface area (TPSA) is 77.8 Å². The van der Waals surface area contributed by atoms with Gasteiger partial charge in [-0.2, -0.15) is 0 Å². The highest BCUT2D eigenvalue weighted by Gasteiger charge is 2.15. The highest BCUT2D eigenvalue weighted by atomic mass is 79.9. The number of likely N-dealkylation sites (N-methyl/N-ethyl adjacent to an activating group) is 1. The zero-order valence-electron chi connectivity index (χ0n) is 8.48. The number of hydrogen-bond donors (Lipinski definition) is 2. The summed E-state index contributed by atoms with van der Waals surface area (Å²) in [6, 6.07) is 4.31. The zero-order valence-corrected chi connectivity index (χ0v) is 10.1. The summed E-state index contributed by atoms with van der Waals surface area (Å²) in [5.41, 5.74) is 0.240. The van der Waals surface area contributed by atoms with Crippen LogP contribution < -0.4 is 0 Å². The molecule has 0 radical (unpaired) electrons. The van der Waals surface area contributed by atoms with Crippen molar-refractivity contribution in [3.63, 3.8) is 0 Å². The summed E-state index contributed by atoms with van der Waals surface area (Å²) in [6.45, 7) is -0.379. The third kappa shape index (κ3) is 2.96. The molecule has 0 heterocycles. The van der Waals surface area contributed by atoms with E-state index in [2.05, 4.69) is 15.9 Å². The van der Waals surface area contributed by atoms with Crippen molar-refractivity contribution >= 4 is 27.8 Å². The molecule has 5 nitrogen and oxygen atoms in total. The van der Waals surface area contributed by atoms with E-state index in [-0.39, 0.29) is 17.9 Å². The average molecular weight is 288 g/mol. The van der Waals surface area contributed by atoms with Crippen LogP contribution >= 0.6 is 15.9 Å². The van der Waals surface area contributed by atoms with Gasteiger partial charge >= 0.3 is 5.97 Å². The maximum atomic E-state index is 11.7. The molecule has 2 N–H and O–H groups in total. The number of carbonyl (C=O) groups excluding carboxylic acids is 1. The van der Waals surface area contributed by atoms with Crippen LogP contribution in [0.3, 0.4) is 0 Å². The Kier molecular flexibility index (Phi) is 3.89. The molecule has 1 aromatic carbocycles. The molecule has 0 aliphatic rings. The molecule has 0 aliphatic heterocycles. The molecule has 0 aromatic heterocycles. The Bertz CT molecular complexity index is 433. The third-order valence-corrected chi connectivity index (χ3v) is 2.58. The van der Waals surface area contributed by atoms with Crippen LogP contribution in [-0.4, -0.2) is 40.6 Å². The molecular formula is C10H10BrNO4. The maximum absolute atomic E-state index is 11.7. The lowest BCUT2D eigenvalue weighted by molar-refractivity contribution is -0.137. The number of benzene rings is 1. The van der Waals surface area contributed by atoms with E-state index >= 15 is 0 Å². The van der Waals surface area contributed by atoms with Crippen molar-refractivity contribution in [2.75, 3.05) is 13.6 Å². The number of carboxylic acid groups (broad SMARTS) is 1. The van der Waals surface area contributed by atoms with Crippen molar-refractivity contribution in [1.29, 1.82) is 0 Å². The van der Waals surface area contributed by atoms with Crippen LogP contribution in [-0.2, 0) is 4.79 Å². The molecule has 0 saturated carbocycles. The molecule has 16 heavy (non-hydrogen) atoms. The lowest BCUT2D eigenvalue weighted by Crippen LogP contribution is -2.31. The number of rotatable bonds is 3. The van der Waals surface area contributed by atoms with Gasteiger partial charge in [0.25, 0.3) is 5.91 Å². The summed E-state index contributed by atoms with van der Waals surface area (Å²) in [5, 5.41) is 17.9. The minimum atomic E-state index is -1.09. The van der Waals surface area contributed by atoms with Gasteiger partial charge in [0, 0.05) is 12.6 Å². The van der Waals surface area contributed by atoms with E-state index < -0.39 is 11.9 Å². The number of phenolic OH excluding ortho intramolecular Hbond substituents is 1. The van der Waals surface area contributed by atoms with Gasteiger partial charge in [-0.05, 0) is 34.1 Å². The molecule has 0 saturated heterocycles. The van der Waals surface area contributed by atoms with Crippen molar-refractivity contribution in [2.24, 2.45) is 0 Å². The monoisotopic (exact) mass is 287 g/mol. The predicted octanol–water partition coefficient (Wildman–Crippen LogP) is 1.31. The number of nitrogens with zero attached hydrogens (tertiary/aromatic N) is 1. The molecule has 0 bridgehead atoms. The van der Waals surface area contributed by atoms with Gasteiger partial charge in [-0.1, -0.05) is 0 Å². The van der Waals surface area contributed by atoms with E-state index in [0.717, 1.165) is 4.90 Å². The minimum Gasteiger partial charge on any atom is -0.507 e. The van der Waals surface area contributed by atoms with Gasteiger partial charge in [0.1, 0.15) is 12.3 Å². The van der Waals surface area contributed by atoms with Crippen molar-refractivity contribution in [2.45, 2.75) is 0 Å². The summed E-state index contributed by atoms with van der Waals surface area (Å²) in [6.07, 6.45) is 0. The second kappa shape index (κ2) is 4.98. The van der Waals surface area contributed by atoms with Crippen LogP contribution in [0, 0.1) is 0 Å². The summed E-state index contributed by atoms with van der Waals surface area (Å²) in [4.78, 5) is 23.2. The predicted molar refractivity (Wildman–Crippen MR) is 60.4 cm³/mol. The second-order valence-corrected chi connectivity index (χ2v) is 4.08. The number of amides is 1. The fourth-order valence-electron chi connectivity index (χ4n) is 1.14. The van der Waals surface area contributed by atoms with Crippen molar-refractivity contribution in [1.82, 2.24) is 4.90 Å². The number of halogens is 1. The Morgan fingerprint density at radius 3 is 2.56 bits per heavy atom. The van der Waals surface area contributed by atoms with Gasteiger partial charge in [-0.3, -0.25) is 9.59 Å². The first kappa shape index (κ1) is 12.5. The van der Waals surface area contributed by atoms with Crippen molar-refractivity contribution in [3.8, 4) is 5.75 Å². The zero-order chi connectivity index (χ0) is 12.3. The van der Waals surface area contributed by atoms with E-state index in [1.165, 1.54) is 25.2 Å². The van der Waals surface area contributed by atoms with Gasteiger partial charge in [-0.15, -0.1) is 0 Å². The summed E-state index contributed by atoms with van der Waals surface area (Å²) in [7, 11) is 1.38. The van der Waals surface area contributed by atoms with Crippen LogP contribution in [0.2, 0.25) is 0 Å². The van der Waals surface area contributed by atoms with Crippen LogP contribution in [0.25, 0.3) is 0 Å². The van der Waals surface area contributed by atoms with Gasteiger partial charge in [0.15, 0.2) is 0 Å². The minimum absolute atomic E-state index is 0.0606. The number of phenols is 1. The summed E-state index contributed by atoms with van der Waals surface area (Å²) >= 11 is 3.09. The Morgan fingerprint density at radius 1 is 1.44 bits per heavy atom. The normalized spacial score (nSPS) is 9.88. The van der Waals surface area contributed by atoms with E-state index in [1.807, 2.05) is 0 Å².